The highest BCUT2D eigenvalue weighted by molar-refractivity contribution is 6.12. The average Bonchev–Trinajstić information content (AvgIpc) is 3.51. The maximum atomic E-state index is 2.45. The van der Waals surface area contributed by atoms with Crippen LogP contribution in [0.3, 0.4) is 0 Å². The molecular formula is C53H52N2. The van der Waals surface area contributed by atoms with Crippen LogP contribution < -0.4 is 4.90 Å². The van der Waals surface area contributed by atoms with Crippen molar-refractivity contribution in [3.05, 3.63) is 192 Å². The molecule has 0 saturated heterocycles. The lowest BCUT2D eigenvalue weighted by Crippen LogP contribution is -2.19. The van der Waals surface area contributed by atoms with Gasteiger partial charge in [0.2, 0.25) is 0 Å². The molecule has 1 heterocycles. The van der Waals surface area contributed by atoms with E-state index in [1.165, 1.54) is 55.2 Å². The number of fused-ring (bicyclic) bond motifs is 3. The predicted molar refractivity (Wildman–Crippen MR) is 237 cm³/mol. The summed E-state index contributed by atoms with van der Waals surface area (Å²) in [6.45, 7) is 18.3. The molecule has 0 radical (unpaired) electrons. The summed E-state index contributed by atoms with van der Waals surface area (Å²) in [5.74, 6) is 0. The van der Waals surface area contributed by atoms with Crippen molar-refractivity contribution in [1.82, 2.24) is 4.57 Å². The van der Waals surface area contributed by atoms with Crippen molar-refractivity contribution in [2.75, 3.05) is 4.90 Å². The van der Waals surface area contributed by atoms with Gasteiger partial charge in [-0.2, -0.15) is 0 Å². The van der Waals surface area contributed by atoms with Gasteiger partial charge in [-0.3, -0.25) is 0 Å². The number of hydrogen-bond donors (Lipinski definition) is 0. The zero-order chi connectivity index (χ0) is 38.5. The van der Waals surface area contributed by atoms with Crippen LogP contribution >= 0.6 is 0 Å². The molecule has 8 aromatic rings. The molecule has 274 valence electrons. The van der Waals surface area contributed by atoms with Crippen molar-refractivity contribution >= 4 is 38.9 Å². The Hall–Kier alpha value is -5.86. The van der Waals surface area contributed by atoms with E-state index in [1.54, 1.807) is 0 Å². The van der Waals surface area contributed by atoms with Gasteiger partial charge >= 0.3 is 0 Å². The maximum absolute atomic E-state index is 2.45. The molecule has 1 aromatic heterocycles. The number of aromatic nitrogens is 1. The molecule has 0 aliphatic carbocycles. The lowest BCUT2D eigenvalue weighted by molar-refractivity contribution is 0.590. The van der Waals surface area contributed by atoms with Crippen molar-refractivity contribution < 1.29 is 0 Å². The van der Waals surface area contributed by atoms with Gasteiger partial charge in [-0.15, -0.1) is 0 Å². The van der Waals surface area contributed by atoms with Crippen molar-refractivity contribution in [2.24, 2.45) is 0 Å². The van der Waals surface area contributed by atoms with E-state index in [4.69, 9.17) is 0 Å². The van der Waals surface area contributed by atoms with E-state index in [0.717, 1.165) is 22.7 Å². The van der Waals surface area contributed by atoms with Gasteiger partial charge in [0.1, 0.15) is 0 Å². The van der Waals surface area contributed by atoms with Crippen molar-refractivity contribution in [2.45, 2.75) is 71.6 Å². The van der Waals surface area contributed by atoms with Gasteiger partial charge in [0.05, 0.1) is 11.0 Å². The summed E-state index contributed by atoms with van der Waals surface area (Å²) in [6.07, 6.45) is 0. The third-order valence-corrected chi connectivity index (χ3v) is 11.4. The summed E-state index contributed by atoms with van der Waals surface area (Å²) >= 11 is 0. The zero-order valence-electron chi connectivity index (χ0n) is 33.6. The second kappa shape index (κ2) is 13.8. The SMILES string of the molecule is CC(C)(C)c1ccc(N(c2ccc(C(C)(C)C)cc2)c2ccc3c(c2)c2cc(-c4ccccc4)ccc2n3-c2cccc(C(C)(C)c3ccccc3)c2)cc1. The molecule has 0 atom stereocenters. The largest absolute Gasteiger partial charge is 0.310 e. The molecule has 8 rings (SSSR count). The fourth-order valence-electron chi connectivity index (χ4n) is 7.96. The number of anilines is 3. The Morgan fingerprint density at radius 1 is 0.364 bits per heavy atom. The van der Waals surface area contributed by atoms with Crippen molar-refractivity contribution in [3.63, 3.8) is 0 Å². The number of rotatable bonds is 7. The van der Waals surface area contributed by atoms with Gasteiger partial charge in [0.15, 0.2) is 0 Å². The van der Waals surface area contributed by atoms with E-state index in [1.807, 2.05) is 0 Å². The molecule has 55 heavy (non-hydrogen) atoms. The first kappa shape index (κ1) is 36.1. The summed E-state index contributed by atoms with van der Waals surface area (Å²) < 4.78 is 2.45. The first-order chi connectivity index (χ1) is 26.3. The molecule has 0 saturated carbocycles. The molecule has 0 N–H and O–H groups in total. The van der Waals surface area contributed by atoms with Crippen LogP contribution in [-0.2, 0) is 16.2 Å². The maximum Gasteiger partial charge on any atom is 0.0542 e. The highest BCUT2D eigenvalue weighted by atomic mass is 15.1. The quantitative estimate of drug-likeness (QED) is 0.159. The molecular weight excluding hydrogens is 665 g/mol. The third kappa shape index (κ3) is 6.87. The van der Waals surface area contributed by atoms with Gasteiger partial charge in [-0.25, -0.2) is 0 Å². The molecule has 7 aromatic carbocycles. The summed E-state index contributed by atoms with van der Waals surface area (Å²) in [4.78, 5) is 2.41. The van der Waals surface area contributed by atoms with Crippen molar-refractivity contribution in [1.29, 1.82) is 0 Å². The van der Waals surface area contributed by atoms with E-state index in [0.29, 0.717) is 0 Å². The number of nitrogens with zero attached hydrogens (tertiary/aromatic N) is 2. The smallest absolute Gasteiger partial charge is 0.0542 e. The normalized spacial score (nSPS) is 12.4. The van der Waals surface area contributed by atoms with E-state index in [2.05, 4.69) is 235 Å². The molecule has 0 unspecified atom stereocenters. The first-order valence-electron chi connectivity index (χ1n) is 19.6. The molecule has 0 fully saturated rings. The minimum atomic E-state index is -0.157. The second-order valence-corrected chi connectivity index (χ2v) is 17.6. The Bertz CT molecular complexity index is 2540. The topological polar surface area (TPSA) is 8.17 Å². The summed E-state index contributed by atoms with van der Waals surface area (Å²) in [6, 6.07) is 62.9. The molecule has 0 amide bonds. The fourth-order valence-corrected chi connectivity index (χ4v) is 7.96. The Morgan fingerprint density at radius 3 is 1.42 bits per heavy atom. The van der Waals surface area contributed by atoms with Crippen LogP contribution in [0.25, 0.3) is 38.6 Å². The molecule has 0 aliphatic rings. The van der Waals surface area contributed by atoms with Crippen LogP contribution in [0.1, 0.15) is 77.6 Å². The molecule has 0 aliphatic heterocycles. The Morgan fingerprint density at radius 2 is 0.855 bits per heavy atom. The Labute approximate surface area is 327 Å². The Balaban J connectivity index is 1.35. The third-order valence-electron chi connectivity index (χ3n) is 11.4. The fraction of sp³-hybridized carbons (Fsp3) is 0.208. The van der Waals surface area contributed by atoms with Gasteiger partial charge in [0, 0.05) is 38.9 Å². The van der Waals surface area contributed by atoms with E-state index >= 15 is 0 Å². The van der Waals surface area contributed by atoms with Crippen LogP contribution in [0.4, 0.5) is 17.1 Å². The monoisotopic (exact) mass is 716 g/mol. The summed E-state index contributed by atoms with van der Waals surface area (Å²) in [5.41, 5.74) is 14.6. The predicted octanol–water partition coefficient (Wildman–Crippen LogP) is 14.8. The van der Waals surface area contributed by atoms with Gasteiger partial charge in [-0.1, -0.05) is 159 Å². The average molecular weight is 717 g/mol. The number of hydrogen-bond acceptors (Lipinski definition) is 1. The molecule has 2 heteroatoms. The molecule has 0 bridgehead atoms. The van der Waals surface area contributed by atoms with Crippen LogP contribution in [-0.4, -0.2) is 4.57 Å². The van der Waals surface area contributed by atoms with Gasteiger partial charge in [-0.05, 0) is 111 Å². The lowest BCUT2D eigenvalue weighted by atomic mass is 9.78. The second-order valence-electron chi connectivity index (χ2n) is 17.6. The minimum Gasteiger partial charge on any atom is -0.310 e. The summed E-state index contributed by atoms with van der Waals surface area (Å²) in [7, 11) is 0. The minimum absolute atomic E-state index is 0.0720. The molecule has 0 spiro atoms. The van der Waals surface area contributed by atoms with E-state index in [9.17, 15) is 0 Å². The highest BCUT2D eigenvalue weighted by Crippen LogP contribution is 2.42. The zero-order valence-corrected chi connectivity index (χ0v) is 33.6. The first-order valence-corrected chi connectivity index (χ1v) is 19.6. The van der Waals surface area contributed by atoms with Crippen LogP contribution in [0.15, 0.2) is 170 Å². The van der Waals surface area contributed by atoms with Gasteiger partial charge < -0.3 is 9.47 Å². The van der Waals surface area contributed by atoms with E-state index < -0.39 is 0 Å². The van der Waals surface area contributed by atoms with Crippen molar-refractivity contribution in [3.8, 4) is 16.8 Å². The van der Waals surface area contributed by atoms with Crippen LogP contribution in [0.2, 0.25) is 0 Å². The standard InChI is InChI=1S/C53H52N2/c1-51(2,3)39-23-27-43(28-24-39)54(44-29-25-40(26-30-44)52(4,5)6)46-31-33-50-48(36-46)47-34-38(37-16-11-9-12-17-37)22-32-49(47)55(50)45-21-15-20-42(35-45)53(7,8)41-18-13-10-14-19-41/h9-36H,1-8H3. The lowest BCUT2D eigenvalue weighted by Gasteiger charge is -2.28. The number of benzene rings is 7. The Kier molecular flexibility index (Phi) is 9.05. The summed E-state index contributed by atoms with van der Waals surface area (Å²) in [5, 5.41) is 2.46. The van der Waals surface area contributed by atoms with Crippen LogP contribution in [0.5, 0.6) is 0 Å². The molecule has 2 nitrogen and oxygen atoms in total. The van der Waals surface area contributed by atoms with Gasteiger partial charge in [0.25, 0.3) is 0 Å². The highest BCUT2D eigenvalue weighted by Gasteiger charge is 2.25. The van der Waals surface area contributed by atoms with E-state index in [-0.39, 0.29) is 16.2 Å². The van der Waals surface area contributed by atoms with Crippen LogP contribution in [0, 0.1) is 0 Å².